The maximum atomic E-state index is 10.6. The lowest BCUT2D eigenvalue weighted by atomic mass is 10.1. The number of hydrogen-bond donors (Lipinski definition) is 2. The van der Waals surface area contributed by atoms with Crippen LogP contribution in [0.2, 0.25) is 0 Å². The van der Waals surface area contributed by atoms with E-state index in [0.717, 1.165) is 12.8 Å². The van der Waals surface area contributed by atoms with Crippen LogP contribution in [0.25, 0.3) is 0 Å². The van der Waals surface area contributed by atoms with Gasteiger partial charge in [0, 0.05) is 16.7 Å². The molecule has 0 atom stereocenters. The largest absolute Gasteiger partial charge is 0.478 e. The third-order valence-electron chi connectivity index (χ3n) is 3.00. The predicted molar refractivity (Wildman–Crippen MR) is 104 cm³/mol. The van der Waals surface area contributed by atoms with Crippen LogP contribution in [0.1, 0.15) is 66.2 Å². The lowest BCUT2D eigenvalue weighted by molar-refractivity contribution is -0.136. The predicted octanol–water partition coefficient (Wildman–Crippen LogP) is 4.76. The zero-order valence-electron chi connectivity index (χ0n) is 16.8. The number of unbranched alkanes of at least 4 members (excludes halogenated alkanes) is 4. The smallest absolute Gasteiger partial charge is 0.332 e. The van der Waals surface area contributed by atoms with Gasteiger partial charge in [-0.25, -0.2) is 14.4 Å². The molecule has 0 heterocycles. The summed E-state index contributed by atoms with van der Waals surface area (Å²) in [5.74, 6) is -2.05. The second kappa shape index (κ2) is 19.0. The van der Waals surface area contributed by atoms with Crippen molar-refractivity contribution in [3.63, 3.8) is 0 Å². The van der Waals surface area contributed by atoms with Gasteiger partial charge in [0.2, 0.25) is 0 Å². The number of ether oxygens (including phenoxy) is 1. The molecule has 0 fully saturated rings. The highest BCUT2D eigenvalue weighted by atomic mass is 16.5. The molecule has 0 aromatic rings. The number of carboxylic acids is 2. The van der Waals surface area contributed by atoms with Crippen LogP contribution >= 0.6 is 0 Å². The molecule has 0 saturated heterocycles. The van der Waals surface area contributed by atoms with Crippen molar-refractivity contribution in [2.45, 2.75) is 66.2 Å². The minimum Gasteiger partial charge on any atom is -0.478 e. The summed E-state index contributed by atoms with van der Waals surface area (Å²) in [6.45, 7) is 13.6. The van der Waals surface area contributed by atoms with E-state index in [9.17, 15) is 14.4 Å². The van der Waals surface area contributed by atoms with Crippen LogP contribution in [0.4, 0.5) is 0 Å². The molecule has 0 amide bonds. The van der Waals surface area contributed by atoms with E-state index in [2.05, 4.69) is 24.8 Å². The fourth-order valence-electron chi connectivity index (χ4n) is 1.40. The fourth-order valence-corrected chi connectivity index (χ4v) is 1.40. The summed E-state index contributed by atoms with van der Waals surface area (Å²) in [6.07, 6.45) is 8.20. The number of hydrogen-bond acceptors (Lipinski definition) is 4. The van der Waals surface area contributed by atoms with Gasteiger partial charge in [0.05, 0.1) is 7.11 Å². The second-order valence-electron chi connectivity index (χ2n) is 5.59. The van der Waals surface area contributed by atoms with E-state index in [4.69, 9.17) is 10.2 Å². The van der Waals surface area contributed by atoms with Crippen LogP contribution in [0.15, 0.2) is 36.0 Å². The molecular weight excluding hydrogens is 336 g/mol. The van der Waals surface area contributed by atoms with Crippen molar-refractivity contribution in [3.05, 3.63) is 36.0 Å². The van der Waals surface area contributed by atoms with Gasteiger partial charge in [-0.15, -0.1) is 0 Å². The summed E-state index contributed by atoms with van der Waals surface area (Å²) in [4.78, 5) is 30.4. The first-order valence-corrected chi connectivity index (χ1v) is 8.59. The Morgan fingerprint density at radius 1 is 0.923 bits per heavy atom. The molecule has 0 saturated carbocycles. The number of rotatable bonds is 9. The van der Waals surface area contributed by atoms with Crippen LogP contribution in [0.3, 0.4) is 0 Å². The zero-order valence-corrected chi connectivity index (χ0v) is 16.8. The number of aliphatic carboxylic acids is 2. The molecule has 150 valence electrons. The van der Waals surface area contributed by atoms with E-state index in [0.29, 0.717) is 17.6 Å². The van der Waals surface area contributed by atoms with Crippen LogP contribution in [-0.4, -0.2) is 35.2 Å². The van der Waals surface area contributed by atoms with Crippen molar-refractivity contribution >= 4 is 17.9 Å². The highest BCUT2D eigenvalue weighted by molar-refractivity contribution is 5.87. The third kappa shape index (κ3) is 21.6. The van der Waals surface area contributed by atoms with Gasteiger partial charge in [-0.3, -0.25) is 0 Å². The molecule has 0 rings (SSSR count). The molecule has 0 bridgehead atoms. The zero-order chi connectivity index (χ0) is 21.1. The Morgan fingerprint density at radius 3 is 1.65 bits per heavy atom. The molecule has 0 unspecified atom stereocenters. The Kier molecular flexibility index (Phi) is 20.7. The van der Waals surface area contributed by atoms with Crippen LogP contribution in [0, 0.1) is 0 Å². The summed E-state index contributed by atoms with van der Waals surface area (Å²) in [5.41, 5.74) is 1.16. The minimum atomic E-state index is -0.935. The SMILES string of the molecule is C=C(C)C(=O)O.C=C(C)C(=O)OC.CCCCCC/C=C(/CC)C(=O)O. The number of allylic oxidation sites excluding steroid dienone is 1. The van der Waals surface area contributed by atoms with E-state index >= 15 is 0 Å². The van der Waals surface area contributed by atoms with Crippen molar-refractivity contribution < 1.29 is 29.3 Å². The summed E-state index contributed by atoms with van der Waals surface area (Å²) in [6, 6.07) is 0. The monoisotopic (exact) mass is 370 g/mol. The maximum Gasteiger partial charge on any atom is 0.332 e. The van der Waals surface area contributed by atoms with Crippen molar-refractivity contribution in [1.29, 1.82) is 0 Å². The third-order valence-corrected chi connectivity index (χ3v) is 3.00. The van der Waals surface area contributed by atoms with Gasteiger partial charge in [0.15, 0.2) is 0 Å². The molecule has 0 aliphatic carbocycles. The average molecular weight is 370 g/mol. The molecule has 2 N–H and O–H groups in total. The highest BCUT2D eigenvalue weighted by Gasteiger charge is 2.02. The first-order valence-electron chi connectivity index (χ1n) is 8.59. The van der Waals surface area contributed by atoms with Crippen LogP contribution in [0.5, 0.6) is 0 Å². The van der Waals surface area contributed by atoms with Crippen LogP contribution in [-0.2, 0) is 19.1 Å². The van der Waals surface area contributed by atoms with Gasteiger partial charge in [0.1, 0.15) is 0 Å². The Balaban J connectivity index is -0.000000342. The number of esters is 1. The quantitative estimate of drug-likeness (QED) is 0.345. The molecule has 0 spiro atoms. The van der Waals surface area contributed by atoms with Gasteiger partial charge >= 0.3 is 17.9 Å². The Morgan fingerprint density at radius 2 is 1.42 bits per heavy atom. The van der Waals surface area contributed by atoms with Crippen molar-refractivity contribution in [1.82, 2.24) is 0 Å². The summed E-state index contributed by atoms with van der Waals surface area (Å²) in [7, 11) is 1.33. The Bertz CT molecular complexity index is 477. The van der Waals surface area contributed by atoms with Crippen LogP contribution < -0.4 is 0 Å². The lowest BCUT2D eigenvalue weighted by Crippen LogP contribution is -1.98. The van der Waals surface area contributed by atoms with E-state index in [1.807, 2.05) is 13.0 Å². The molecule has 6 nitrogen and oxygen atoms in total. The Labute approximate surface area is 157 Å². The summed E-state index contributed by atoms with van der Waals surface area (Å²) in [5, 5.41) is 16.6. The fraction of sp³-hybridized carbons (Fsp3) is 0.550. The topological polar surface area (TPSA) is 101 Å². The molecule has 0 aliphatic rings. The number of methoxy groups -OCH3 is 1. The van der Waals surface area contributed by atoms with E-state index in [-0.39, 0.29) is 11.5 Å². The van der Waals surface area contributed by atoms with Gasteiger partial charge in [-0.2, -0.15) is 0 Å². The second-order valence-corrected chi connectivity index (χ2v) is 5.59. The molecule has 0 aliphatic heterocycles. The van der Waals surface area contributed by atoms with Gasteiger partial charge < -0.3 is 14.9 Å². The van der Waals surface area contributed by atoms with E-state index < -0.39 is 11.9 Å². The average Bonchev–Trinajstić information content (AvgIpc) is 2.57. The maximum absolute atomic E-state index is 10.6. The highest BCUT2D eigenvalue weighted by Crippen LogP contribution is 2.07. The van der Waals surface area contributed by atoms with E-state index in [1.54, 1.807) is 6.92 Å². The van der Waals surface area contributed by atoms with Crippen molar-refractivity contribution in [2.24, 2.45) is 0 Å². The van der Waals surface area contributed by atoms with Crippen molar-refractivity contribution in [2.75, 3.05) is 7.11 Å². The van der Waals surface area contributed by atoms with Gasteiger partial charge in [-0.05, 0) is 33.1 Å². The van der Waals surface area contributed by atoms with Gasteiger partial charge in [-0.1, -0.05) is 52.3 Å². The summed E-state index contributed by atoms with van der Waals surface area (Å²) >= 11 is 0. The Hall–Kier alpha value is -2.37. The molecular formula is C20H34O6. The molecule has 0 aromatic carbocycles. The first-order chi connectivity index (χ1) is 12.0. The number of carbonyl (C=O) groups is 3. The molecule has 0 aromatic heterocycles. The number of carboxylic acid groups (broad SMARTS) is 2. The molecule has 0 radical (unpaired) electrons. The van der Waals surface area contributed by atoms with Gasteiger partial charge in [0.25, 0.3) is 0 Å². The standard InChI is InChI=1S/C11H20O2.C5H8O2.C4H6O2/c1-3-5-6-7-8-9-10(4-2)11(12)13;1-4(2)5(6)7-3;1-3(2)4(5)6/h9H,3-8H2,1-2H3,(H,12,13);1H2,2-3H3;1H2,2H3,(H,5,6)/b10-9-;;. The minimum absolute atomic E-state index is 0.176. The first kappa shape index (κ1) is 28.4. The summed E-state index contributed by atoms with van der Waals surface area (Å²) < 4.78 is 4.27. The van der Waals surface area contributed by atoms with Crippen molar-refractivity contribution in [3.8, 4) is 0 Å². The molecule has 6 heteroatoms. The lowest BCUT2D eigenvalue weighted by Gasteiger charge is -1.98. The molecule has 26 heavy (non-hydrogen) atoms. The number of carbonyl (C=O) groups excluding carboxylic acids is 1. The van der Waals surface area contributed by atoms with E-state index in [1.165, 1.54) is 33.3 Å². The normalized spacial score (nSPS) is 9.65.